The fourth-order valence-corrected chi connectivity index (χ4v) is 6.01. The highest BCUT2D eigenvalue weighted by molar-refractivity contribution is 7.17. The van der Waals surface area contributed by atoms with Crippen molar-refractivity contribution in [3.63, 3.8) is 0 Å². The molecule has 2 aliphatic carbocycles. The van der Waals surface area contributed by atoms with Gasteiger partial charge in [0.05, 0.1) is 30.5 Å². The Morgan fingerprint density at radius 2 is 1.91 bits per heavy atom. The van der Waals surface area contributed by atoms with Crippen LogP contribution in [0.2, 0.25) is 0 Å². The van der Waals surface area contributed by atoms with Crippen molar-refractivity contribution < 1.29 is 19.3 Å². The van der Waals surface area contributed by atoms with E-state index in [1.807, 2.05) is 18.2 Å². The SMILES string of the molecule is COC1=Cc2sc(-c3ccc(O)cc3)c(OC3=CCC(OCCN4CCCCC4)C=C3)c2CC1. The van der Waals surface area contributed by atoms with Crippen LogP contribution < -0.4 is 4.74 Å². The van der Waals surface area contributed by atoms with Crippen LogP contribution in [-0.2, 0) is 15.9 Å². The Morgan fingerprint density at radius 1 is 1.09 bits per heavy atom. The van der Waals surface area contributed by atoms with E-state index < -0.39 is 0 Å². The summed E-state index contributed by atoms with van der Waals surface area (Å²) in [5.74, 6) is 3.03. The number of phenolic OH excluding ortho intramolecular Hbond substituents is 1. The van der Waals surface area contributed by atoms with Gasteiger partial charge in [-0.15, -0.1) is 11.3 Å². The molecule has 1 aromatic carbocycles. The number of nitrogens with zero attached hydrogens (tertiary/aromatic N) is 1. The van der Waals surface area contributed by atoms with Gasteiger partial charge in [-0.1, -0.05) is 12.5 Å². The van der Waals surface area contributed by atoms with Crippen LogP contribution in [0.15, 0.2) is 54.0 Å². The van der Waals surface area contributed by atoms with Crippen LogP contribution in [0.1, 0.15) is 42.5 Å². The predicted molar refractivity (Wildman–Crippen MR) is 137 cm³/mol. The Bertz CT molecular complexity index is 1080. The zero-order chi connectivity index (χ0) is 23.3. The van der Waals surface area contributed by atoms with Crippen LogP contribution in [0, 0.1) is 0 Å². The molecule has 1 N–H and O–H groups in total. The van der Waals surface area contributed by atoms with Gasteiger partial charge < -0.3 is 24.2 Å². The summed E-state index contributed by atoms with van der Waals surface area (Å²) in [6, 6.07) is 7.33. The Labute approximate surface area is 206 Å². The summed E-state index contributed by atoms with van der Waals surface area (Å²) < 4.78 is 18.1. The Hall–Kier alpha value is -2.54. The molecule has 6 heteroatoms. The number of hydrogen-bond donors (Lipinski definition) is 1. The Kier molecular flexibility index (Phi) is 7.38. The molecule has 1 aromatic heterocycles. The minimum Gasteiger partial charge on any atom is -0.508 e. The number of aromatic hydroxyl groups is 1. The molecule has 0 spiro atoms. The molecule has 1 unspecified atom stereocenters. The van der Waals surface area contributed by atoms with E-state index >= 15 is 0 Å². The first-order valence-corrected chi connectivity index (χ1v) is 13.1. The van der Waals surface area contributed by atoms with E-state index in [1.54, 1.807) is 30.6 Å². The third-order valence-electron chi connectivity index (χ3n) is 6.73. The molecular formula is C28H33NO4S. The lowest BCUT2D eigenvalue weighted by molar-refractivity contribution is 0.0604. The van der Waals surface area contributed by atoms with Crippen LogP contribution in [0.25, 0.3) is 16.5 Å². The Morgan fingerprint density at radius 3 is 2.65 bits per heavy atom. The smallest absolute Gasteiger partial charge is 0.149 e. The van der Waals surface area contributed by atoms with E-state index in [1.165, 1.54) is 42.8 Å². The van der Waals surface area contributed by atoms with E-state index in [2.05, 4.69) is 23.1 Å². The maximum Gasteiger partial charge on any atom is 0.149 e. The van der Waals surface area contributed by atoms with Crippen molar-refractivity contribution >= 4 is 17.4 Å². The summed E-state index contributed by atoms with van der Waals surface area (Å²) in [5, 5.41) is 9.74. The quantitative estimate of drug-likeness (QED) is 0.492. The van der Waals surface area contributed by atoms with Gasteiger partial charge in [0.15, 0.2) is 0 Å². The van der Waals surface area contributed by atoms with Crippen molar-refractivity contribution in [2.75, 3.05) is 33.4 Å². The molecule has 1 fully saturated rings. The fraction of sp³-hybridized carbons (Fsp3) is 0.429. The van der Waals surface area contributed by atoms with E-state index in [9.17, 15) is 5.11 Å². The third-order valence-corrected chi connectivity index (χ3v) is 7.94. The number of allylic oxidation sites excluding steroid dienone is 2. The maximum absolute atomic E-state index is 9.74. The van der Waals surface area contributed by atoms with E-state index in [0.717, 1.165) is 60.1 Å². The number of methoxy groups -OCH3 is 1. The van der Waals surface area contributed by atoms with Gasteiger partial charge in [-0.2, -0.15) is 0 Å². The highest BCUT2D eigenvalue weighted by atomic mass is 32.1. The molecule has 2 aromatic rings. The van der Waals surface area contributed by atoms with Crippen LogP contribution in [-0.4, -0.2) is 49.5 Å². The summed E-state index contributed by atoms with van der Waals surface area (Å²) in [6.45, 7) is 4.20. The number of thiophene rings is 1. The molecule has 1 saturated heterocycles. The van der Waals surface area contributed by atoms with Crippen molar-refractivity contribution in [3.8, 4) is 21.9 Å². The van der Waals surface area contributed by atoms with Gasteiger partial charge in [-0.05, 0) is 86.8 Å². The molecule has 0 radical (unpaired) electrons. The lowest BCUT2D eigenvalue weighted by Crippen LogP contribution is -2.33. The van der Waals surface area contributed by atoms with Gasteiger partial charge in [-0.3, -0.25) is 0 Å². The zero-order valence-corrected chi connectivity index (χ0v) is 20.6. The van der Waals surface area contributed by atoms with Crippen LogP contribution in [0.5, 0.6) is 11.5 Å². The second-order valence-corrected chi connectivity index (χ2v) is 10.1. The number of piperidine rings is 1. The second-order valence-electron chi connectivity index (χ2n) is 9.08. The van der Waals surface area contributed by atoms with Gasteiger partial charge in [0, 0.05) is 23.4 Å². The Balaban J connectivity index is 1.27. The molecule has 1 atom stereocenters. The predicted octanol–water partition coefficient (Wildman–Crippen LogP) is 6.15. The molecular weight excluding hydrogens is 446 g/mol. The van der Waals surface area contributed by atoms with Crippen LogP contribution in [0.4, 0.5) is 0 Å². The van der Waals surface area contributed by atoms with Crippen LogP contribution in [0.3, 0.4) is 0 Å². The fourth-order valence-electron chi connectivity index (χ4n) is 4.77. The zero-order valence-electron chi connectivity index (χ0n) is 19.8. The van der Waals surface area contributed by atoms with Gasteiger partial charge in [0.2, 0.25) is 0 Å². The number of fused-ring (bicyclic) bond motifs is 1. The summed E-state index contributed by atoms with van der Waals surface area (Å²) in [4.78, 5) is 4.77. The molecule has 0 saturated carbocycles. The minimum atomic E-state index is 0.109. The van der Waals surface area contributed by atoms with Gasteiger partial charge in [0.1, 0.15) is 17.3 Å². The molecule has 34 heavy (non-hydrogen) atoms. The lowest BCUT2D eigenvalue weighted by Gasteiger charge is -2.27. The topological polar surface area (TPSA) is 51.2 Å². The van der Waals surface area contributed by atoms with Gasteiger partial charge >= 0.3 is 0 Å². The van der Waals surface area contributed by atoms with Crippen molar-refractivity contribution in [3.05, 3.63) is 64.5 Å². The van der Waals surface area contributed by atoms with Gasteiger partial charge in [0.25, 0.3) is 0 Å². The first-order valence-electron chi connectivity index (χ1n) is 12.3. The van der Waals surface area contributed by atoms with Crippen molar-refractivity contribution in [1.82, 2.24) is 4.90 Å². The molecule has 2 heterocycles. The first-order chi connectivity index (χ1) is 16.7. The third kappa shape index (κ3) is 5.40. The summed E-state index contributed by atoms with van der Waals surface area (Å²) in [7, 11) is 1.73. The van der Waals surface area contributed by atoms with E-state index in [-0.39, 0.29) is 11.9 Å². The average molecular weight is 480 g/mol. The largest absolute Gasteiger partial charge is 0.508 e. The first kappa shape index (κ1) is 23.2. The summed E-state index contributed by atoms with van der Waals surface area (Å²) in [5.41, 5.74) is 2.27. The monoisotopic (exact) mass is 479 g/mol. The van der Waals surface area contributed by atoms with Gasteiger partial charge in [-0.25, -0.2) is 0 Å². The molecule has 1 aliphatic heterocycles. The maximum atomic E-state index is 9.74. The van der Waals surface area contributed by atoms with E-state index in [4.69, 9.17) is 14.2 Å². The van der Waals surface area contributed by atoms with E-state index in [0.29, 0.717) is 0 Å². The lowest BCUT2D eigenvalue weighted by atomic mass is 10.0. The second kappa shape index (κ2) is 10.8. The van der Waals surface area contributed by atoms with Crippen molar-refractivity contribution in [1.29, 1.82) is 0 Å². The number of hydrogen-bond acceptors (Lipinski definition) is 6. The molecule has 0 amide bonds. The van der Waals surface area contributed by atoms with Crippen molar-refractivity contribution in [2.24, 2.45) is 0 Å². The standard InChI is InChI=1S/C28H33NO4S/c1-31-24-13-14-25-26(19-24)34-28(20-5-7-21(30)8-6-20)27(25)33-23-11-9-22(10-12-23)32-18-17-29-15-3-2-4-16-29/h5-9,11-12,19,22,30H,2-4,10,13-18H2,1H3. The molecule has 3 aliphatic rings. The summed E-state index contributed by atoms with van der Waals surface area (Å²) in [6.07, 6.45) is 15.1. The van der Waals surface area contributed by atoms with Crippen molar-refractivity contribution in [2.45, 2.75) is 44.6 Å². The normalized spacial score (nSPS) is 20.4. The van der Waals surface area contributed by atoms with Crippen LogP contribution >= 0.6 is 11.3 Å². The molecule has 180 valence electrons. The molecule has 5 nitrogen and oxygen atoms in total. The number of rotatable bonds is 8. The highest BCUT2D eigenvalue weighted by Crippen LogP contribution is 2.47. The average Bonchev–Trinajstić information content (AvgIpc) is 3.23. The highest BCUT2D eigenvalue weighted by Gasteiger charge is 2.25. The number of benzene rings is 1. The summed E-state index contributed by atoms with van der Waals surface area (Å²) >= 11 is 1.71. The molecule has 0 bridgehead atoms. The number of phenols is 1. The minimum absolute atomic E-state index is 0.109. The number of likely N-dealkylation sites (tertiary alicyclic amines) is 1. The number of ether oxygens (including phenoxy) is 3. The molecule has 5 rings (SSSR count).